The standard InChI is InChI=1S/C15H14FN3O3/c16-12-5-3-11(4-6-12)14-10-18(8-9-22-14)15-13(19(20)21)2-1-7-17-15/h1-7,14H,8-10H2. The Morgan fingerprint density at radius 1 is 1.32 bits per heavy atom. The van der Waals surface area contributed by atoms with Gasteiger partial charge in [0, 0.05) is 18.8 Å². The molecule has 0 saturated carbocycles. The minimum Gasteiger partial charge on any atom is -0.370 e. The molecule has 0 radical (unpaired) electrons. The molecule has 1 aromatic carbocycles. The molecule has 6 nitrogen and oxygen atoms in total. The van der Waals surface area contributed by atoms with E-state index in [0.717, 1.165) is 5.56 Å². The molecule has 1 fully saturated rings. The first-order valence-corrected chi connectivity index (χ1v) is 6.86. The van der Waals surface area contributed by atoms with Gasteiger partial charge in [0.2, 0.25) is 5.82 Å². The molecule has 1 aliphatic heterocycles. The van der Waals surface area contributed by atoms with E-state index in [1.54, 1.807) is 18.2 Å². The van der Waals surface area contributed by atoms with Crippen LogP contribution in [0.15, 0.2) is 42.6 Å². The zero-order chi connectivity index (χ0) is 15.5. The van der Waals surface area contributed by atoms with Crippen molar-refractivity contribution in [3.63, 3.8) is 0 Å². The number of nitro groups is 1. The lowest BCUT2D eigenvalue weighted by molar-refractivity contribution is -0.384. The summed E-state index contributed by atoms with van der Waals surface area (Å²) in [7, 11) is 0. The van der Waals surface area contributed by atoms with Crippen LogP contribution in [0.2, 0.25) is 0 Å². The number of anilines is 1. The summed E-state index contributed by atoms with van der Waals surface area (Å²) >= 11 is 0. The van der Waals surface area contributed by atoms with Crippen molar-refractivity contribution in [2.75, 3.05) is 24.6 Å². The first kappa shape index (κ1) is 14.4. The van der Waals surface area contributed by atoms with Gasteiger partial charge >= 0.3 is 5.69 Å². The fourth-order valence-corrected chi connectivity index (χ4v) is 2.50. The van der Waals surface area contributed by atoms with E-state index in [2.05, 4.69) is 4.98 Å². The van der Waals surface area contributed by atoms with Crippen LogP contribution in [-0.4, -0.2) is 29.6 Å². The van der Waals surface area contributed by atoms with E-state index in [-0.39, 0.29) is 17.6 Å². The molecule has 114 valence electrons. The Hall–Kier alpha value is -2.54. The van der Waals surface area contributed by atoms with Crippen LogP contribution < -0.4 is 4.90 Å². The largest absolute Gasteiger partial charge is 0.370 e. The fraction of sp³-hybridized carbons (Fsp3) is 0.267. The van der Waals surface area contributed by atoms with Gasteiger partial charge in [-0.3, -0.25) is 10.1 Å². The lowest BCUT2D eigenvalue weighted by Crippen LogP contribution is -2.39. The summed E-state index contributed by atoms with van der Waals surface area (Å²) in [6, 6.07) is 9.05. The van der Waals surface area contributed by atoms with E-state index in [0.29, 0.717) is 25.5 Å². The summed E-state index contributed by atoms with van der Waals surface area (Å²) in [5.41, 5.74) is 0.812. The number of rotatable bonds is 3. The van der Waals surface area contributed by atoms with Crippen LogP contribution in [0.1, 0.15) is 11.7 Å². The number of hydrogen-bond acceptors (Lipinski definition) is 5. The van der Waals surface area contributed by atoms with E-state index in [1.165, 1.54) is 24.4 Å². The summed E-state index contributed by atoms with van der Waals surface area (Å²) in [6.45, 7) is 1.38. The molecule has 1 aliphatic rings. The third-order valence-corrected chi connectivity index (χ3v) is 3.57. The number of aromatic nitrogens is 1. The van der Waals surface area contributed by atoms with Gasteiger partial charge in [-0.25, -0.2) is 9.37 Å². The molecule has 0 N–H and O–H groups in total. The molecule has 1 unspecified atom stereocenters. The van der Waals surface area contributed by atoms with Crippen molar-refractivity contribution in [1.29, 1.82) is 0 Å². The Balaban J connectivity index is 1.84. The lowest BCUT2D eigenvalue weighted by atomic mass is 10.1. The Bertz CT molecular complexity index is 678. The number of morpholine rings is 1. The number of halogens is 1. The highest BCUT2D eigenvalue weighted by atomic mass is 19.1. The molecule has 1 saturated heterocycles. The van der Waals surface area contributed by atoms with Gasteiger partial charge in [-0.05, 0) is 23.8 Å². The van der Waals surface area contributed by atoms with Crippen molar-refractivity contribution in [2.45, 2.75) is 6.10 Å². The number of nitrogens with zero attached hydrogens (tertiary/aromatic N) is 3. The first-order valence-electron chi connectivity index (χ1n) is 6.86. The maximum atomic E-state index is 13.0. The molecule has 1 atom stereocenters. The van der Waals surface area contributed by atoms with Gasteiger partial charge in [-0.2, -0.15) is 0 Å². The van der Waals surface area contributed by atoms with Crippen molar-refractivity contribution < 1.29 is 14.1 Å². The summed E-state index contributed by atoms with van der Waals surface area (Å²) < 4.78 is 18.7. The normalized spacial score (nSPS) is 18.2. The minimum absolute atomic E-state index is 0.0257. The van der Waals surface area contributed by atoms with Crippen molar-refractivity contribution in [3.05, 3.63) is 64.1 Å². The summed E-state index contributed by atoms with van der Waals surface area (Å²) in [6.07, 6.45) is 1.26. The van der Waals surface area contributed by atoms with E-state index in [4.69, 9.17) is 4.74 Å². The lowest BCUT2D eigenvalue weighted by Gasteiger charge is -2.33. The Morgan fingerprint density at radius 3 is 2.82 bits per heavy atom. The van der Waals surface area contributed by atoms with Crippen LogP contribution in [-0.2, 0) is 4.74 Å². The molecular weight excluding hydrogens is 289 g/mol. The van der Waals surface area contributed by atoms with Gasteiger partial charge in [-0.1, -0.05) is 12.1 Å². The van der Waals surface area contributed by atoms with Gasteiger partial charge in [0.1, 0.15) is 11.9 Å². The molecule has 0 spiro atoms. The molecule has 7 heteroatoms. The van der Waals surface area contributed by atoms with Gasteiger partial charge in [-0.15, -0.1) is 0 Å². The number of benzene rings is 1. The van der Waals surface area contributed by atoms with Gasteiger partial charge < -0.3 is 9.64 Å². The fourth-order valence-electron chi connectivity index (χ4n) is 2.50. The third-order valence-electron chi connectivity index (χ3n) is 3.57. The predicted molar refractivity (Wildman–Crippen MR) is 78.2 cm³/mol. The van der Waals surface area contributed by atoms with Gasteiger partial charge in [0.25, 0.3) is 0 Å². The molecular formula is C15H14FN3O3. The van der Waals surface area contributed by atoms with E-state index in [9.17, 15) is 14.5 Å². The smallest absolute Gasteiger partial charge is 0.311 e. The van der Waals surface area contributed by atoms with E-state index < -0.39 is 4.92 Å². The molecule has 22 heavy (non-hydrogen) atoms. The van der Waals surface area contributed by atoms with Gasteiger partial charge in [0.15, 0.2) is 0 Å². The second-order valence-electron chi connectivity index (χ2n) is 4.96. The zero-order valence-corrected chi connectivity index (χ0v) is 11.7. The highest BCUT2D eigenvalue weighted by Gasteiger charge is 2.27. The molecule has 0 aliphatic carbocycles. The highest BCUT2D eigenvalue weighted by molar-refractivity contribution is 5.57. The zero-order valence-electron chi connectivity index (χ0n) is 11.7. The second-order valence-corrected chi connectivity index (χ2v) is 4.96. The summed E-state index contributed by atoms with van der Waals surface area (Å²) in [4.78, 5) is 16.6. The van der Waals surface area contributed by atoms with Crippen LogP contribution in [0.25, 0.3) is 0 Å². The topological polar surface area (TPSA) is 68.5 Å². The molecule has 0 amide bonds. The second kappa shape index (κ2) is 6.07. The quantitative estimate of drug-likeness (QED) is 0.644. The third kappa shape index (κ3) is 2.89. The van der Waals surface area contributed by atoms with Crippen LogP contribution in [0.5, 0.6) is 0 Å². The Kier molecular flexibility index (Phi) is 3.97. The van der Waals surface area contributed by atoms with Crippen LogP contribution in [0.3, 0.4) is 0 Å². The van der Waals surface area contributed by atoms with Crippen molar-refractivity contribution in [3.8, 4) is 0 Å². The van der Waals surface area contributed by atoms with E-state index in [1.807, 2.05) is 4.90 Å². The molecule has 1 aromatic heterocycles. The van der Waals surface area contributed by atoms with E-state index >= 15 is 0 Å². The molecule has 2 aromatic rings. The maximum absolute atomic E-state index is 13.0. The van der Waals surface area contributed by atoms with Crippen molar-refractivity contribution >= 4 is 11.5 Å². The summed E-state index contributed by atoms with van der Waals surface area (Å²) in [5, 5.41) is 11.1. The first-order chi connectivity index (χ1) is 10.6. The Labute approximate surface area is 126 Å². The van der Waals surface area contributed by atoms with Crippen LogP contribution >= 0.6 is 0 Å². The average Bonchev–Trinajstić information content (AvgIpc) is 2.55. The van der Waals surface area contributed by atoms with Crippen LogP contribution in [0.4, 0.5) is 15.9 Å². The monoisotopic (exact) mass is 303 g/mol. The van der Waals surface area contributed by atoms with Crippen LogP contribution in [0, 0.1) is 15.9 Å². The maximum Gasteiger partial charge on any atom is 0.311 e. The van der Waals surface area contributed by atoms with Crippen molar-refractivity contribution in [2.24, 2.45) is 0 Å². The number of pyridine rings is 1. The predicted octanol–water partition coefficient (Wildman–Crippen LogP) is 2.71. The SMILES string of the molecule is O=[N+]([O-])c1cccnc1N1CCOC(c2ccc(F)cc2)C1. The highest BCUT2D eigenvalue weighted by Crippen LogP contribution is 2.30. The van der Waals surface area contributed by atoms with Crippen molar-refractivity contribution in [1.82, 2.24) is 4.98 Å². The molecule has 2 heterocycles. The molecule has 3 rings (SSSR count). The average molecular weight is 303 g/mol. The number of hydrogen-bond donors (Lipinski definition) is 0. The number of ether oxygens (including phenoxy) is 1. The Morgan fingerprint density at radius 2 is 2.09 bits per heavy atom. The minimum atomic E-state index is -0.440. The summed E-state index contributed by atoms with van der Waals surface area (Å²) in [5.74, 6) is 0.0275. The van der Waals surface area contributed by atoms with Gasteiger partial charge in [0.05, 0.1) is 18.1 Å². The molecule has 0 bridgehead atoms.